The van der Waals surface area contributed by atoms with Gasteiger partial charge in [0.2, 0.25) is 5.91 Å². The first kappa shape index (κ1) is 62.8. The number of amides is 1. The third-order valence-corrected chi connectivity index (χ3v) is 13.2. The molecule has 3 heterocycles. The number of benzene rings is 1. The summed E-state index contributed by atoms with van der Waals surface area (Å²) in [5.74, 6) is -6.53. The molecule has 0 aromatic heterocycles. The van der Waals surface area contributed by atoms with Crippen LogP contribution >= 0.6 is 0 Å². The molecule has 20 nitrogen and oxygen atoms in total. The molecule has 3 aliphatic heterocycles. The maximum Gasteiger partial charge on any atom is 0.328 e. The van der Waals surface area contributed by atoms with Crippen LogP contribution in [0.3, 0.4) is 0 Å². The molecule has 2 saturated heterocycles. The fourth-order valence-corrected chi connectivity index (χ4v) is 8.96. The van der Waals surface area contributed by atoms with Gasteiger partial charge in [0.25, 0.3) is 0 Å². The van der Waals surface area contributed by atoms with E-state index in [-0.39, 0.29) is 51.0 Å². The zero-order valence-corrected chi connectivity index (χ0v) is 42.9. The summed E-state index contributed by atoms with van der Waals surface area (Å²) in [7, 11) is 1.16. The molecule has 0 aliphatic carbocycles. The van der Waals surface area contributed by atoms with Crippen molar-refractivity contribution in [1.29, 1.82) is 0 Å². The Morgan fingerprint density at radius 2 is 1.33 bits per heavy atom. The highest BCUT2D eigenvalue weighted by atomic mass is 16.7. The predicted octanol–water partition coefficient (Wildman–Crippen LogP) is 0.893. The van der Waals surface area contributed by atoms with Gasteiger partial charge in [-0.05, 0) is 31.7 Å². The van der Waals surface area contributed by atoms with Crippen LogP contribution in [0.1, 0.15) is 77.2 Å². The van der Waals surface area contributed by atoms with E-state index in [2.05, 4.69) is 5.32 Å². The minimum absolute atomic E-state index is 0.0149. The highest BCUT2D eigenvalue weighted by Gasteiger charge is 2.51. The maximum absolute atomic E-state index is 14.4. The Bertz CT molecular complexity index is 2100. The monoisotopic (exact) mass is 1060 g/mol. The first-order valence-corrected chi connectivity index (χ1v) is 25.5. The molecule has 1 aromatic carbocycles. The van der Waals surface area contributed by atoms with Crippen molar-refractivity contribution < 1.29 is 89.1 Å². The van der Waals surface area contributed by atoms with Gasteiger partial charge >= 0.3 is 11.9 Å². The molecule has 3 aliphatic rings. The Morgan fingerprint density at radius 1 is 0.720 bits per heavy atom. The first-order chi connectivity index (χ1) is 35.7. The number of aliphatic hydroxyl groups is 10. The van der Waals surface area contributed by atoms with Crippen LogP contribution in [0.4, 0.5) is 0 Å². The molecule has 2 fully saturated rings. The molecule has 418 valence electrons. The fourth-order valence-electron chi connectivity index (χ4n) is 8.96. The van der Waals surface area contributed by atoms with E-state index in [1.807, 2.05) is 13.0 Å². The number of carbonyl (C=O) groups excluding carboxylic acids is 3. The van der Waals surface area contributed by atoms with Gasteiger partial charge in [0.05, 0.1) is 93.1 Å². The van der Waals surface area contributed by atoms with E-state index in [0.717, 1.165) is 7.11 Å². The maximum atomic E-state index is 14.4. The number of carbonyl (C=O) groups is 3. The number of fused-ring (bicyclic) bond motifs is 2. The highest BCUT2D eigenvalue weighted by Crippen LogP contribution is 2.38. The Kier molecular flexibility index (Phi) is 26.9. The molecule has 1 amide bonds. The Labute approximate surface area is 438 Å². The van der Waals surface area contributed by atoms with Crippen LogP contribution < -0.4 is 11.1 Å². The van der Waals surface area contributed by atoms with Crippen molar-refractivity contribution in [1.82, 2.24) is 5.32 Å². The third-order valence-electron chi connectivity index (χ3n) is 13.2. The van der Waals surface area contributed by atoms with Gasteiger partial charge in [-0.1, -0.05) is 122 Å². The Hall–Kier alpha value is -4.75. The summed E-state index contributed by atoms with van der Waals surface area (Å²) < 4.78 is 28.4. The van der Waals surface area contributed by atoms with E-state index in [1.165, 1.54) is 6.08 Å². The van der Waals surface area contributed by atoms with Crippen molar-refractivity contribution in [2.75, 3.05) is 13.7 Å². The average Bonchev–Trinajstić information content (AvgIpc) is 3.34. The van der Waals surface area contributed by atoms with Gasteiger partial charge in [0.1, 0.15) is 18.2 Å². The number of nitrogens with two attached hydrogens (primary N) is 1. The largest absolute Gasteiger partial charge is 0.467 e. The quantitative estimate of drug-likeness (QED) is 0.169. The number of hydrogen-bond acceptors (Lipinski definition) is 19. The Morgan fingerprint density at radius 3 is 1.96 bits per heavy atom. The third kappa shape index (κ3) is 22.0. The fraction of sp³-hybridized carbons (Fsp3) is 0.582. The standard InChI is InChI=1S/C55H80N2O18/c1-34-19-15-12-10-8-6-4-5-7-9-11-13-18-22-40(74-54-51(67)50(56)46(65)33-72-54)30-47-49(52(68)57-41(53(69)71-3)26-36-20-16-14-17-21-36)45(64)32-55(70,75-47)31-39(60)28-44(63)42(61)24-23-37(58)27-38(59)29-48(66)73-35(2)25-43(34)62/h4-22,34-35,37-47,49-51,54,58-65,67,70H,23-33,56H2,1-3H3,(H,57,68)/b5-4+,8-6+,9-7+,12-10+,13-11+,19-15+,22-18+/t34-,35-,37?,38+,39?,40?,41?,42?,43-,44?,45-,46+,47-,49?,50-,51-,54-,55?/m0/s1. The number of methoxy groups -OCH3 is 1. The molecule has 1 aromatic rings. The van der Waals surface area contributed by atoms with E-state index < -0.39 is 147 Å². The normalized spacial score (nSPS) is 39.3. The topological polar surface area (TPSA) is 338 Å². The lowest BCUT2D eigenvalue weighted by atomic mass is 9.82. The van der Waals surface area contributed by atoms with Gasteiger partial charge in [-0.2, -0.15) is 0 Å². The van der Waals surface area contributed by atoms with Gasteiger partial charge in [-0.3, -0.25) is 9.59 Å². The SMILES string of the molecule is COC(=O)C(Cc1ccccc1)NC(=O)C1[C@@H]2CC(O[C@@H]3OC[C@@H](O)[C@H](N)[C@@H]3O)/C=C/C=C/C=C/C=C/C=C/C=C/C=C/[C@H](C)[C@@H](O)C[C@H](C)OC(=O)C[C@H](O)CC(O)CCC(O)C(O)CC(O)CC(O)(C[C@@H]1O)O2. The van der Waals surface area contributed by atoms with Crippen LogP contribution in [0.2, 0.25) is 0 Å². The highest BCUT2D eigenvalue weighted by molar-refractivity contribution is 5.86. The van der Waals surface area contributed by atoms with Gasteiger partial charge in [-0.15, -0.1) is 0 Å². The molecule has 4 rings (SSSR count). The Balaban J connectivity index is 1.64. The number of hydrogen-bond donors (Lipinski definition) is 12. The van der Waals surface area contributed by atoms with E-state index in [0.29, 0.717) is 5.56 Å². The van der Waals surface area contributed by atoms with E-state index in [1.54, 1.807) is 110 Å². The molecular formula is C55H80N2O18. The van der Waals surface area contributed by atoms with Crippen LogP contribution in [-0.2, 0) is 44.5 Å². The molecule has 8 unspecified atom stereocenters. The van der Waals surface area contributed by atoms with Crippen LogP contribution in [0, 0.1) is 11.8 Å². The summed E-state index contributed by atoms with van der Waals surface area (Å²) in [5.41, 5.74) is 6.73. The lowest BCUT2D eigenvalue weighted by molar-refractivity contribution is -0.304. The number of cyclic esters (lactones) is 1. The van der Waals surface area contributed by atoms with E-state index >= 15 is 0 Å². The minimum Gasteiger partial charge on any atom is -0.467 e. The second-order valence-corrected chi connectivity index (χ2v) is 19.6. The van der Waals surface area contributed by atoms with E-state index in [9.17, 15) is 65.4 Å². The minimum atomic E-state index is -2.38. The number of rotatable bonds is 7. The van der Waals surface area contributed by atoms with Crippen molar-refractivity contribution in [2.24, 2.45) is 17.6 Å². The van der Waals surface area contributed by atoms with Crippen LogP contribution in [0.15, 0.2) is 115 Å². The number of aliphatic hydroxyl groups excluding tert-OH is 9. The van der Waals surface area contributed by atoms with Gasteiger partial charge < -0.3 is 85.8 Å². The predicted molar refractivity (Wildman–Crippen MR) is 274 cm³/mol. The van der Waals surface area contributed by atoms with Crippen molar-refractivity contribution in [3.63, 3.8) is 0 Å². The van der Waals surface area contributed by atoms with Gasteiger partial charge in [0.15, 0.2) is 12.1 Å². The molecule has 0 spiro atoms. The summed E-state index contributed by atoms with van der Waals surface area (Å²) >= 11 is 0. The molecule has 75 heavy (non-hydrogen) atoms. The average molecular weight is 1060 g/mol. The molecule has 2 bridgehead atoms. The molecule has 18 atom stereocenters. The van der Waals surface area contributed by atoms with E-state index in [4.69, 9.17) is 29.4 Å². The first-order valence-electron chi connectivity index (χ1n) is 25.5. The number of esters is 2. The van der Waals surface area contributed by atoms with Crippen molar-refractivity contribution in [3.8, 4) is 0 Å². The zero-order valence-electron chi connectivity index (χ0n) is 42.9. The number of allylic oxidation sites excluding steroid dienone is 12. The summed E-state index contributed by atoms with van der Waals surface area (Å²) in [5, 5.41) is 113. The van der Waals surface area contributed by atoms with Crippen LogP contribution in [-0.4, -0.2) is 180 Å². The second-order valence-electron chi connectivity index (χ2n) is 19.6. The van der Waals surface area contributed by atoms with Gasteiger partial charge in [0, 0.05) is 44.4 Å². The van der Waals surface area contributed by atoms with Crippen molar-refractivity contribution >= 4 is 17.8 Å². The smallest absolute Gasteiger partial charge is 0.328 e. The second kappa shape index (κ2) is 32.1. The van der Waals surface area contributed by atoms with Crippen LogP contribution in [0.25, 0.3) is 0 Å². The van der Waals surface area contributed by atoms with Gasteiger partial charge in [-0.25, -0.2) is 4.79 Å². The molecular weight excluding hydrogens is 977 g/mol. The van der Waals surface area contributed by atoms with Crippen molar-refractivity contribution in [2.45, 2.75) is 175 Å². The summed E-state index contributed by atoms with van der Waals surface area (Å²) in [6.45, 7) is 3.15. The summed E-state index contributed by atoms with van der Waals surface area (Å²) in [6.07, 6.45) is 4.22. The zero-order chi connectivity index (χ0) is 55.1. The number of ether oxygens (including phenoxy) is 5. The molecule has 0 saturated carbocycles. The lowest BCUT2D eigenvalue weighted by Crippen LogP contribution is -2.60. The molecule has 0 radical (unpaired) electrons. The summed E-state index contributed by atoms with van der Waals surface area (Å²) in [6, 6.07) is 6.40. The molecule has 13 N–H and O–H groups in total. The molecule has 20 heteroatoms. The van der Waals surface area contributed by atoms with Crippen LogP contribution in [0.5, 0.6) is 0 Å². The lowest BCUT2D eigenvalue weighted by Gasteiger charge is -2.46. The summed E-state index contributed by atoms with van der Waals surface area (Å²) in [4.78, 5) is 40.0. The van der Waals surface area contributed by atoms with Crippen molar-refractivity contribution in [3.05, 3.63) is 121 Å². The number of nitrogens with one attached hydrogen (secondary N) is 1.